The molecule has 2 unspecified atom stereocenters. The summed E-state index contributed by atoms with van der Waals surface area (Å²) in [4.78, 5) is 22.8. The summed E-state index contributed by atoms with van der Waals surface area (Å²) in [5.74, 6) is -2.19. The smallest absolute Gasteiger partial charge is 0.307 e. The number of aliphatic carboxylic acids is 1. The Morgan fingerprint density at radius 3 is 2.64 bits per heavy atom. The first-order chi connectivity index (χ1) is 11.9. The lowest BCUT2D eigenvalue weighted by molar-refractivity contribution is -0.139. The summed E-state index contributed by atoms with van der Waals surface area (Å²) in [6.45, 7) is 0.00822. The van der Waals surface area contributed by atoms with Crippen molar-refractivity contribution in [3.63, 3.8) is 0 Å². The summed E-state index contributed by atoms with van der Waals surface area (Å²) in [5, 5.41) is 11.4. The molecule has 1 aliphatic carbocycles. The molecule has 0 radical (unpaired) electrons. The van der Waals surface area contributed by atoms with Gasteiger partial charge in [-0.25, -0.2) is 13.1 Å². The van der Waals surface area contributed by atoms with Crippen LogP contribution in [0.1, 0.15) is 12.2 Å². The second-order valence-corrected chi connectivity index (χ2v) is 7.47. The quantitative estimate of drug-likeness (QED) is 0.682. The van der Waals surface area contributed by atoms with E-state index in [4.69, 9.17) is 9.52 Å². The van der Waals surface area contributed by atoms with Crippen LogP contribution in [0.4, 0.5) is 5.69 Å². The SMILES string of the molecule is O=C(O)C1CC1C(=O)Nc1cccc(S(=O)(=O)NCc2ccco2)c1. The zero-order valence-electron chi connectivity index (χ0n) is 13.0. The summed E-state index contributed by atoms with van der Waals surface area (Å²) in [6.07, 6.45) is 1.74. The Morgan fingerprint density at radius 1 is 1.20 bits per heavy atom. The van der Waals surface area contributed by atoms with Gasteiger partial charge < -0.3 is 14.8 Å². The van der Waals surface area contributed by atoms with Gasteiger partial charge in [0.15, 0.2) is 0 Å². The number of anilines is 1. The molecular formula is C16H16N2O6S. The zero-order valence-corrected chi connectivity index (χ0v) is 13.8. The Morgan fingerprint density at radius 2 is 2.00 bits per heavy atom. The third-order valence-electron chi connectivity index (χ3n) is 3.87. The van der Waals surface area contributed by atoms with E-state index in [-0.39, 0.29) is 11.4 Å². The van der Waals surface area contributed by atoms with Gasteiger partial charge >= 0.3 is 5.97 Å². The average Bonchev–Trinajstić information content (AvgIpc) is 3.22. The van der Waals surface area contributed by atoms with Crippen molar-refractivity contribution in [2.45, 2.75) is 17.9 Å². The molecule has 1 aliphatic rings. The van der Waals surface area contributed by atoms with E-state index in [0.717, 1.165) is 0 Å². The molecule has 0 bridgehead atoms. The average molecular weight is 364 g/mol. The van der Waals surface area contributed by atoms with Gasteiger partial charge in [0, 0.05) is 5.69 Å². The standard InChI is InChI=1S/C16H16N2O6S/c19-15(13-8-14(13)16(20)21)18-10-3-1-5-12(7-10)25(22,23)17-9-11-4-2-6-24-11/h1-7,13-14,17H,8-9H2,(H,18,19)(H,20,21). The van der Waals surface area contributed by atoms with Crippen LogP contribution in [0.3, 0.4) is 0 Å². The number of hydrogen-bond donors (Lipinski definition) is 3. The van der Waals surface area contributed by atoms with Gasteiger partial charge in [0.05, 0.1) is 29.5 Å². The van der Waals surface area contributed by atoms with Crippen molar-refractivity contribution in [3.8, 4) is 0 Å². The summed E-state index contributed by atoms with van der Waals surface area (Å²) in [6, 6.07) is 9.06. The minimum absolute atomic E-state index is 0.00822. The molecule has 9 heteroatoms. The molecule has 3 rings (SSSR count). The van der Waals surface area contributed by atoms with Crippen molar-refractivity contribution in [1.82, 2.24) is 4.72 Å². The summed E-state index contributed by atoms with van der Waals surface area (Å²) < 4.78 is 32.1. The fourth-order valence-electron chi connectivity index (χ4n) is 2.40. The van der Waals surface area contributed by atoms with E-state index < -0.39 is 33.7 Å². The molecule has 132 valence electrons. The number of nitrogens with one attached hydrogen (secondary N) is 2. The molecule has 1 saturated carbocycles. The van der Waals surface area contributed by atoms with Crippen molar-refractivity contribution < 1.29 is 27.5 Å². The molecule has 1 fully saturated rings. The van der Waals surface area contributed by atoms with Crippen LogP contribution in [-0.4, -0.2) is 25.4 Å². The molecule has 2 aromatic rings. The van der Waals surface area contributed by atoms with Gasteiger partial charge in [0.2, 0.25) is 15.9 Å². The second kappa shape index (κ2) is 6.69. The van der Waals surface area contributed by atoms with E-state index in [9.17, 15) is 18.0 Å². The number of hydrogen-bond acceptors (Lipinski definition) is 5. The minimum atomic E-state index is -3.78. The van der Waals surface area contributed by atoms with Crippen LogP contribution in [0.2, 0.25) is 0 Å². The maximum Gasteiger partial charge on any atom is 0.307 e. The Bertz CT molecular complexity index is 891. The Kier molecular flexibility index (Phi) is 4.60. The van der Waals surface area contributed by atoms with Crippen LogP contribution < -0.4 is 10.0 Å². The third-order valence-corrected chi connectivity index (χ3v) is 5.27. The molecule has 8 nitrogen and oxygen atoms in total. The second-order valence-electron chi connectivity index (χ2n) is 5.71. The normalized spacial score (nSPS) is 19.4. The van der Waals surface area contributed by atoms with E-state index >= 15 is 0 Å². The van der Waals surface area contributed by atoms with Crippen molar-refractivity contribution in [2.24, 2.45) is 11.8 Å². The molecule has 1 heterocycles. The molecule has 0 aliphatic heterocycles. The van der Waals surface area contributed by atoms with Crippen LogP contribution in [0.15, 0.2) is 52.0 Å². The predicted octanol–water partition coefficient (Wildman–Crippen LogP) is 1.42. The lowest BCUT2D eigenvalue weighted by Gasteiger charge is -2.09. The van der Waals surface area contributed by atoms with Crippen molar-refractivity contribution in [1.29, 1.82) is 0 Å². The maximum absolute atomic E-state index is 12.3. The minimum Gasteiger partial charge on any atom is -0.481 e. The van der Waals surface area contributed by atoms with Crippen LogP contribution in [0, 0.1) is 11.8 Å². The number of carbonyl (C=O) groups is 2. The highest BCUT2D eigenvalue weighted by Crippen LogP contribution is 2.39. The lowest BCUT2D eigenvalue weighted by Crippen LogP contribution is -2.23. The van der Waals surface area contributed by atoms with Gasteiger partial charge in [0.1, 0.15) is 5.76 Å². The number of carboxylic acid groups (broad SMARTS) is 1. The number of rotatable bonds is 7. The number of sulfonamides is 1. The van der Waals surface area contributed by atoms with Crippen molar-refractivity contribution in [2.75, 3.05) is 5.32 Å². The molecule has 1 aromatic heterocycles. The van der Waals surface area contributed by atoms with E-state index in [1.165, 1.54) is 24.5 Å². The van der Waals surface area contributed by atoms with E-state index in [0.29, 0.717) is 17.9 Å². The third kappa shape index (κ3) is 4.06. The van der Waals surface area contributed by atoms with Crippen LogP contribution in [0.5, 0.6) is 0 Å². The highest BCUT2D eigenvalue weighted by atomic mass is 32.2. The molecule has 0 saturated heterocycles. The van der Waals surface area contributed by atoms with E-state index in [1.54, 1.807) is 18.2 Å². The number of furan rings is 1. The first kappa shape index (κ1) is 17.2. The topological polar surface area (TPSA) is 126 Å². The Labute approximate surface area is 143 Å². The van der Waals surface area contributed by atoms with Crippen molar-refractivity contribution >= 4 is 27.6 Å². The van der Waals surface area contributed by atoms with Gasteiger partial charge in [-0.3, -0.25) is 9.59 Å². The Hall–Kier alpha value is -2.65. The molecule has 2 atom stereocenters. The van der Waals surface area contributed by atoms with E-state index in [2.05, 4.69) is 10.0 Å². The number of carboxylic acids is 1. The zero-order chi connectivity index (χ0) is 18.0. The van der Waals surface area contributed by atoms with Gasteiger partial charge in [-0.2, -0.15) is 0 Å². The Balaban J connectivity index is 1.66. The fourth-order valence-corrected chi connectivity index (χ4v) is 3.44. The van der Waals surface area contributed by atoms with Crippen LogP contribution in [-0.2, 0) is 26.2 Å². The highest BCUT2D eigenvalue weighted by Gasteiger charge is 2.48. The van der Waals surface area contributed by atoms with Crippen molar-refractivity contribution in [3.05, 3.63) is 48.4 Å². The predicted molar refractivity (Wildman–Crippen MR) is 87.0 cm³/mol. The summed E-state index contributed by atoms with van der Waals surface area (Å²) >= 11 is 0. The highest BCUT2D eigenvalue weighted by molar-refractivity contribution is 7.89. The van der Waals surface area contributed by atoms with Gasteiger partial charge in [-0.1, -0.05) is 6.07 Å². The number of amides is 1. The summed E-state index contributed by atoms with van der Waals surface area (Å²) in [7, 11) is -3.78. The molecule has 3 N–H and O–H groups in total. The molecular weight excluding hydrogens is 348 g/mol. The fraction of sp³-hybridized carbons (Fsp3) is 0.250. The molecule has 1 amide bonds. The lowest BCUT2D eigenvalue weighted by atomic mass is 10.2. The largest absolute Gasteiger partial charge is 0.481 e. The number of benzene rings is 1. The van der Waals surface area contributed by atoms with Gasteiger partial charge in [0.25, 0.3) is 0 Å². The first-order valence-corrected chi connectivity index (χ1v) is 9.01. The maximum atomic E-state index is 12.3. The van der Waals surface area contributed by atoms with Crippen LogP contribution >= 0.6 is 0 Å². The molecule has 0 spiro atoms. The van der Waals surface area contributed by atoms with Gasteiger partial charge in [-0.15, -0.1) is 0 Å². The van der Waals surface area contributed by atoms with E-state index in [1.807, 2.05) is 0 Å². The monoisotopic (exact) mass is 364 g/mol. The molecule has 1 aromatic carbocycles. The molecule has 25 heavy (non-hydrogen) atoms. The summed E-state index contributed by atoms with van der Waals surface area (Å²) in [5.41, 5.74) is 0.293. The van der Waals surface area contributed by atoms with Gasteiger partial charge in [-0.05, 0) is 36.8 Å². The number of carbonyl (C=O) groups excluding carboxylic acids is 1. The van der Waals surface area contributed by atoms with Crippen LogP contribution in [0.25, 0.3) is 0 Å². The first-order valence-electron chi connectivity index (χ1n) is 7.52.